The van der Waals surface area contributed by atoms with Crippen molar-refractivity contribution >= 4 is 23.7 Å². The van der Waals surface area contributed by atoms with Gasteiger partial charge in [-0.2, -0.15) is 0 Å². The second-order valence-electron chi connectivity index (χ2n) is 6.08. The first-order valence-electron chi connectivity index (χ1n) is 8.43. The molecule has 0 spiro atoms. The molecule has 138 valence electrons. The zero-order chi connectivity index (χ0) is 19.4. The molecule has 27 heavy (non-hydrogen) atoms. The molecule has 1 unspecified atom stereocenters. The largest absolute Gasteiger partial charge is 0.351 e. The van der Waals surface area contributed by atoms with E-state index in [4.69, 9.17) is 5.73 Å². The number of nitrogens with one attached hydrogen (secondary N) is 1. The Labute approximate surface area is 161 Å². The first kappa shape index (κ1) is 18.7. The minimum absolute atomic E-state index is 0.452. The van der Waals surface area contributed by atoms with Crippen LogP contribution in [0.1, 0.15) is 12.5 Å². The van der Waals surface area contributed by atoms with Crippen LogP contribution in [0.4, 0.5) is 4.79 Å². The van der Waals surface area contributed by atoms with Crippen LogP contribution < -0.4 is 11.1 Å². The number of aryl methyl sites for hydroxylation is 1. The van der Waals surface area contributed by atoms with Crippen LogP contribution in [-0.4, -0.2) is 26.7 Å². The van der Waals surface area contributed by atoms with Gasteiger partial charge in [-0.25, -0.2) is 9.78 Å². The monoisotopic (exact) mass is 380 g/mol. The molecule has 3 amide bonds. The molecule has 0 saturated heterocycles. The molecule has 3 rings (SSSR count). The number of para-hydroxylation sites is 1. The fourth-order valence-corrected chi connectivity index (χ4v) is 3.51. The molecule has 1 atom stereocenters. The Bertz CT molecular complexity index is 952. The summed E-state index contributed by atoms with van der Waals surface area (Å²) < 4.78 is 2.00. The lowest BCUT2D eigenvalue weighted by Gasteiger charge is -2.14. The van der Waals surface area contributed by atoms with Gasteiger partial charge in [-0.1, -0.05) is 59.8 Å². The SMILES string of the molecule is Cc1ccc(-c2cnc(SC(C)C(=O)NC(N)=O)n2-c2ccccc2)cc1. The van der Waals surface area contributed by atoms with Crippen LogP contribution in [0.25, 0.3) is 16.9 Å². The molecule has 7 heteroatoms. The number of primary amides is 1. The van der Waals surface area contributed by atoms with Crippen molar-refractivity contribution in [3.05, 3.63) is 66.4 Å². The van der Waals surface area contributed by atoms with Crippen molar-refractivity contribution in [1.29, 1.82) is 0 Å². The fourth-order valence-electron chi connectivity index (χ4n) is 2.61. The number of carbonyl (C=O) groups is 2. The summed E-state index contributed by atoms with van der Waals surface area (Å²) in [5, 5.41) is 2.23. The van der Waals surface area contributed by atoms with E-state index in [1.54, 1.807) is 13.1 Å². The van der Waals surface area contributed by atoms with Crippen molar-refractivity contribution in [1.82, 2.24) is 14.9 Å². The number of nitrogens with two attached hydrogens (primary N) is 1. The maximum Gasteiger partial charge on any atom is 0.318 e. The van der Waals surface area contributed by atoms with Crippen LogP contribution in [0.5, 0.6) is 0 Å². The number of imidazole rings is 1. The molecule has 1 heterocycles. The Morgan fingerprint density at radius 1 is 1.11 bits per heavy atom. The lowest BCUT2D eigenvalue weighted by molar-refractivity contribution is -0.119. The summed E-state index contributed by atoms with van der Waals surface area (Å²) in [6, 6.07) is 17.1. The van der Waals surface area contributed by atoms with Gasteiger partial charge in [-0.3, -0.25) is 14.7 Å². The van der Waals surface area contributed by atoms with Gasteiger partial charge in [0.15, 0.2) is 5.16 Å². The number of rotatable bonds is 5. The van der Waals surface area contributed by atoms with Crippen LogP contribution >= 0.6 is 11.8 Å². The summed E-state index contributed by atoms with van der Waals surface area (Å²) in [7, 11) is 0. The maximum atomic E-state index is 12.1. The predicted molar refractivity (Wildman–Crippen MR) is 107 cm³/mol. The van der Waals surface area contributed by atoms with Gasteiger partial charge in [-0.05, 0) is 26.0 Å². The van der Waals surface area contributed by atoms with Gasteiger partial charge < -0.3 is 5.73 Å². The molecule has 3 N–H and O–H groups in total. The van der Waals surface area contributed by atoms with Gasteiger partial charge in [-0.15, -0.1) is 0 Å². The zero-order valence-corrected chi connectivity index (χ0v) is 15.9. The Hall–Kier alpha value is -3.06. The van der Waals surface area contributed by atoms with Crippen molar-refractivity contribution in [2.75, 3.05) is 0 Å². The van der Waals surface area contributed by atoms with Crippen LogP contribution in [0.3, 0.4) is 0 Å². The number of nitrogens with zero attached hydrogens (tertiary/aromatic N) is 2. The normalized spacial score (nSPS) is 11.8. The van der Waals surface area contributed by atoms with Gasteiger partial charge in [0.25, 0.3) is 0 Å². The third-order valence-electron chi connectivity index (χ3n) is 3.99. The van der Waals surface area contributed by atoms with Crippen molar-refractivity contribution in [3.8, 4) is 16.9 Å². The van der Waals surface area contributed by atoms with Gasteiger partial charge in [0.2, 0.25) is 5.91 Å². The number of carbonyl (C=O) groups excluding carboxylic acids is 2. The molecule has 0 aliphatic rings. The standard InChI is InChI=1S/C20H20N4O2S/c1-13-8-10-15(11-9-13)17-12-22-20(24(17)16-6-4-3-5-7-16)27-14(2)18(25)23-19(21)26/h3-12,14H,1-2H3,(H3,21,23,25,26). The minimum atomic E-state index is -0.862. The molecule has 0 aliphatic heterocycles. The van der Waals surface area contributed by atoms with Gasteiger partial charge >= 0.3 is 6.03 Å². The van der Waals surface area contributed by atoms with E-state index in [1.807, 2.05) is 66.1 Å². The second-order valence-corrected chi connectivity index (χ2v) is 7.38. The molecule has 1 aromatic heterocycles. The number of amides is 3. The lowest BCUT2D eigenvalue weighted by atomic mass is 10.1. The van der Waals surface area contributed by atoms with Crippen molar-refractivity contribution in [2.45, 2.75) is 24.3 Å². The lowest BCUT2D eigenvalue weighted by Crippen LogP contribution is -2.39. The highest BCUT2D eigenvalue weighted by atomic mass is 32.2. The van der Waals surface area contributed by atoms with Crippen LogP contribution in [0.2, 0.25) is 0 Å². The summed E-state index contributed by atoms with van der Waals surface area (Å²) in [6.45, 7) is 3.75. The van der Waals surface area contributed by atoms with Gasteiger partial charge in [0.1, 0.15) is 0 Å². The van der Waals surface area contributed by atoms with Crippen LogP contribution in [0.15, 0.2) is 66.0 Å². The Morgan fingerprint density at radius 2 is 1.78 bits per heavy atom. The van der Waals surface area contributed by atoms with Crippen molar-refractivity contribution < 1.29 is 9.59 Å². The molecule has 0 radical (unpaired) electrons. The van der Waals surface area contributed by atoms with E-state index in [2.05, 4.69) is 10.3 Å². The first-order valence-corrected chi connectivity index (χ1v) is 9.31. The second kappa shape index (κ2) is 8.09. The van der Waals surface area contributed by atoms with E-state index in [0.717, 1.165) is 16.9 Å². The number of benzene rings is 2. The van der Waals surface area contributed by atoms with E-state index in [0.29, 0.717) is 5.16 Å². The minimum Gasteiger partial charge on any atom is -0.351 e. The smallest absolute Gasteiger partial charge is 0.318 e. The molecule has 2 aromatic carbocycles. The average molecular weight is 380 g/mol. The summed E-state index contributed by atoms with van der Waals surface area (Å²) >= 11 is 1.27. The van der Waals surface area contributed by atoms with E-state index in [-0.39, 0.29) is 0 Å². The van der Waals surface area contributed by atoms with Gasteiger partial charge in [0, 0.05) is 11.3 Å². The van der Waals surface area contributed by atoms with E-state index in [9.17, 15) is 9.59 Å². The topological polar surface area (TPSA) is 90.0 Å². The Balaban J connectivity index is 2.01. The number of thioether (sulfide) groups is 1. The number of hydrogen-bond donors (Lipinski definition) is 2. The molecule has 0 bridgehead atoms. The highest BCUT2D eigenvalue weighted by Gasteiger charge is 2.21. The van der Waals surface area contributed by atoms with E-state index >= 15 is 0 Å². The number of aromatic nitrogens is 2. The summed E-state index contributed by atoms with van der Waals surface area (Å²) in [4.78, 5) is 27.5. The van der Waals surface area contributed by atoms with Crippen molar-refractivity contribution in [2.24, 2.45) is 5.73 Å². The number of urea groups is 1. The molecule has 6 nitrogen and oxygen atoms in total. The molecule has 0 aliphatic carbocycles. The highest BCUT2D eigenvalue weighted by molar-refractivity contribution is 8.00. The molecular formula is C20H20N4O2S. The third-order valence-corrected chi connectivity index (χ3v) is 5.06. The van der Waals surface area contributed by atoms with Crippen LogP contribution in [-0.2, 0) is 4.79 Å². The Morgan fingerprint density at radius 3 is 2.41 bits per heavy atom. The molecule has 3 aromatic rings. The number of imide groups is 1. The summed E-state index contributed by atoms with van der Waals surface area (Å²) in [6.07, 6.45) is 1.79. The fraction of sp³-hybridized carbons (Fsp3) is 0.150. The quantitative estimate of drug-likeness (QED) is 0.663. The number of hydrogen-bond acceptors (Lipinski definition) is 4. The van der Waals surface area contributed by atoms with Crippen LogP contribution in [0, 0.1) is 6.92 Å². The molecular weight excluding hydrogens is 360 g/mol. The maximum absolute atomic E-state index is 12.1. The molecule has 0 fully saturated rings. The first-order chi connectivity index (χ1) is 13.0. The van der Waals surface area contributed by atoms with Gasteiger partial charge in [0.05, 0.1) is 17.1 Å². The third kappa shape index (κ3) is 4.38. The highest BCUT2D eigenvalue weighted by Crippen LogP contribution is 2.31. The molecule has 0 saturated carbocycles. The predicted octanol–water partition coefficient (Wildman–Crippen LogP) is 3.52. The zero-order valence-electron chi connectivity index (χ0n) is 15.0. The van der Waals surface area contributed by atoms with Crippen molar-refractivity contribution in [3.63, 3.8) is 0 Å². The Kier molecular flexibility index (Phi) is 5.61. The average Bonchev–Trinajstić information content (AvgIpc) is 3.06. The summed E-state index contributed by atoms with van der Waals surface area (Å²) in [5.41, 5.74) is 9.10. The van der Waals surface area contributed by atoms with E-state index < -0.39 is 17.2 Å². The summed E-state index contributed by atoms with van der Waals surface area (Å²) in [5.74, 6) is -0.452. The van der Waals surface area contributed by atoms with E-state index in [1.165, 1.54) is 17.3 Å².